The van der Waals surface area contributed by atoms with Gasteiger partial charge in [0.15, 0.2) is 0 Å². The largest absolute Gasteiger partial charge is 0.463 e. The van der Waals surface area contributed by atoms with Crippen LogP contribution in [0.25, 0.3) is 0 Å². The minimum absolute atomic E-state index is 0.282. The topological polar surface area (TPSA) is 29.1 Å². The van der Waals surface area contributed by atoms with Gasteiger partial charge in [-0.2, -0.15) is 5.11 Å². The zero-order valence-corrected chi connectivity index (χ0v) is 7.02. The lowest BCUT2D eigenvalue weighted by molar-refractivity contribution is 0.0377. The van der Waals surface area contributed by atoms with Gasteiger partial charge in [0.25, 0.3) is 0 Å². The minimum atomic E-state index is -0.653. The molecule has 2 nitrogen and oxygen atoms in total. The molecule has 0 aliphatic heterocycles. The molecule has 0 spiro atoms. The molecule has 59 valence electrons. The Morgan fingerprint density at radius 1 is 1.36 bits per heavy atom. The lowest BCUT2D eigenvalue weighted by Crippen LogP contribution is -1.93. The van der Waals surface area contributed by atoms with Crippen molar-refractivity contribution >= 4 is 23.2 Å². The number of benzene rings is 1. The number of halogens is 2. The SMILES string of the molecule is [O]COc1cccc(Cl)c1Cl. The fraction of sp³-hybridized carbons (Fsp3) is 0.143. The summed E-state index contributed by atoms with van der Waals surface area (Å²) in [7, 11) is 0. The van der Waals surface area contributed by atoms with E-state index in [0.29, 0.717) is 10.8 Å². The lowest BCUT2D eigenvalue weighted by Gasteiger charge is -2.03. The Bertz CT molecular complexity index is 250. The Labute approximate surface area is 74.3 Å². The van der Waals surface area contributed by atoms with Crippen molar-refractivity contribution in [1.29, 1.82) is 0 Å². The molecule has 0 aromatic heterocycles. The quantitative estimate of drug-likeness (QED) is 0.662. The molecule has 0 aliphatic carbocycles. The third-order valence-corrected chi connectivity index (χ3v) is 1.93. The molecule has 0 fully saturated rings. The second kappa shape index (κ2) is 3.81. The van der Waals surface area contributed by atoms with Crippen molar-refractivity contribution in [2.75, 3.05) is 6.79 Å². The first-order valence-electron chi connectivity index (χ1n) is 2.90. The van der Waals surface area contributed by atoms with E-state index < -0.39 is 6.79 Å². The van der Waals surface area contributed by atoms with Crippen molar-refractivity contribution in [3.05, 3.63) is 28.2 Å². The normalized spacial score (nSPS) is 9.73. The van der Waals surface area contributed by atoms with E-state index in [1.165, 1.54) is 0 Å². The molecule has 0 saturated heterocycles. The molecular formula is C7H5Cl2O2. The van der Waals surface area contributed by atoms with Crippen molar-refractivity contribution in [2.45, 2.75) is 0 Å². The highest BCUT2D eigenvalue weighted by Gasteiger charge is 2.03. The van der Waals surface area contributed by atoms with Crippen molar-refractivity contribution in [1.82, 2.24) is 0 Å². The summed E-state index contributed by atoms with van der Waals surface area (Å²) < 4.78 is 4.65. The second-order valence-electron chi connectivity index (χ2n) is 1.81. The maximum atomic E-state index is 10.0. The van der Waals surface area contributed by atoms with Crippen LogP contribution in [0.15, 0.2) is 18.2 Å². The van der Waals surface area contributed by atoms with Gasteiger partial charge in [0, 0.05) is 0 Å². The molecule has 0 saturated carbocycles. The van der Waals surface area contributed by atoms with E-state index in [4.69, 9.17) is 23.2 Å². The molecular weight excluding hydrogens is 187 g/mol. The first-order chi connectivity index (χ1) is 5.25. The zero-order chi connectivity index (χ0) is 8.27. The molecule has 1 aromatic carbocycles. The molecule has 0 atom stereocenters. The summed E-state index contributed by atoms with van der Waals surface area (Å²) in [4.78, 5) is 0. The van der Waals surface area contributed by atoms with Crippen LogP contribution in [0.2, 0.25) is 10.0 Å². The van der Waals surface area contributed by atoms with Gasteiger partial charge in [0.05, 0.1) is 5.02 Å². The van der Waals surface area contributed by atoms with Crippen LogP contribution < -0.4 is 4.74 Å². The van der Waals surface area contributed by atoms with Crippen LogP contribution in [-0.2, 0) is 5.11 Å². The van der Waals surface area contributed by atoms with Crippen molar-refractivity contribution < 1.29 is 9.84 Å². The van der Waals surface area contributed by atoms with Crippen molar-refractivity contribution in [3.8, 4) is 5.75 Å². The molecule has 1 aromatic rings. The zero-order valence-electron chi connectivity index (χ0n) is 5.51. The molecule has 1 radical (unpaired) electrons. The van der Waals surface area contributed by atoms with Gasteiger partial charge in [0.2, 0.25) is 6.79 Å². The highest BCUT2D eigenvalue weighted by Crippen LogP contribution is 2.31. The molecule has 1 rings (SSSR count). The van der Waals surface area contributed by atoms with Crippen LogP contribution in [0.5, 0.6) is 5.75 Å². The first kappa shape index (κ1) is 8.65. The smallest absolute Gasteiger partial charge is 0.221 e. The highest BCUT2D eigenvalue weighted by molar-refractivity contribution is 6.42. The van der Waals surface area contributed by atoms with Gasteiger partial charge in [-0.1, -0.05) is 29.3 Å². The first-order valence-corrected chi connectivity index (χ1v) is 3.66. The molecule has 0 unspecified atom stereocenters. The number of hydrogen-bond acceptors (Lipinski definition) is 1. The van der Waals surface area contributed by atoms with Gasteiger partial charge in [-0.3, -0.25) is 0 Å². The van der Waals surface area contributed by atoms with Gasteiger partial charge in [-0.05, 0) is 12.1 Å². The average molecular weight is 192 g/mol. The maximum absolute atomic E-state index is 10.0. The molecule has 0 N–H and O–H groups in total. The molecule has 0 aliphatic rings. The minimum Gasteiger partial charge on any atom is -0.463 e. The third kappa shape index (κ3) is 1.99. The Kier molecular flexibility index (Phi) is 3.00. The summed E-state index contributed by atoms with van der Waals surface area (Å²) in [5, 5.41) is 10.7. The van der Waals surface area contributed by atoms with E-state index in [0.717, 1.165) is 0 Å². The summed E-state index contributed by atoms with van der Waals surface area (Å²) in [5.41, 5.74) is 0. The monoisotopic (exact) mass is 191 g/mol. The fourth-order valence-corrected chi connectivity index (χ4v) is 1.01. The third-order valence-electron chi connectivity index (χ3n) is 1.13. The summed E-state index contributed by atoms with van der Waals surface area (Å²) >= 11 is 11.3. The Balaban J connectivity index is 2.96. The Hall–Kier alpha value is -0.440. The van der Waals surface area contributed by atoms with Gasteiger partial charge >= 0.3 is 0 Å². The van der Waals surface area contributed by atoms with Crippen LogP contribution in [-0.4, -0.2) is 6.79 Å². The van der Waals surface area contributed by atoms with Crippen molar-refractivity contribution in [3.63, 3.8) is 0 Å². The van der Waals surface area contributed by atoms with E-state index in [1.807, 2.05) is 0 Å². The molecule has 0 heterocycles. The number of rotatable bonds is 2. The standard InChI is InChI=1S/C7H5Cl2O2/c8-5-2-1-3-6(7(5)9)11-4-10/h1-3H,4H2. The Morgan fingerprint density at radius 2 is 2.09 bits per heavy atom. The van der Waals surface area contributed by atoms with Gasteiger partial charge in [-0.15, -0.1) is 0 Å². The molecule has 0 amide bonds. The van der Waals surface area contributed by atoms with Gasteiger partial charge < -0.3 is 4.74 Å². The van der Waals surface area contributed by atoms with Gasteiger partial charge in [0.1, 0.15) is 10.8 Å². The second-order valence-corrected chi connectivity index (χ2v) is 2.60. The van der Waals surface area contributed by atoms with Crippen LogP contribution >= 0.6 is 23.2 Å². The van der Waals surface area contributed by atoms with Crippen LogP contribution in [0.4, 0.5) is 0 Å². The number of hydrogen-bond donors (Lipinski definition) is 0. The van der Waals surface area contributed by atoms with E-state index in [9.17, 15) is 5.11 Å². The predicted octanol–water partition coefficient (Wildman–Crippen LogP) is 2.76. The molecule has 4 heteroatoms. The summed E-state index contributed by atoms with van der Waals surface area (Å²) in [6, 6.07) is 4.88. The number of ether oxygens (including phenoxy) is 1. The summed E-state index contributed by atoms with van der Waals surface area (Å²) in [6.07, 6.45) is 0. The van der Waals surface area contributed by atoms with E-state index in [1.54, 1.807) is 18.2 Å². The predicted molar refractivity (Wildman–Crippen MR) is 42.6 cm³/mol. The summed E-state index contributed by atoms with van der Waals surface area (Å²) in [5.74, 6) is 0.328. The van der Waals surface area contributed by atoms with E-state index >= 15 is 0 Å². The highest BCUT2D eigenvalue weighted by atomic mass is 35.5. The van der Waals surface area contributed by atoms with E-state index in [-0.39, 0.29) is 5.02 Å². The van der Waals surface area contributed by atoms with Crippen molar-refractivity contribution in [2.24, 2.45) is 0 Å². The maximum Gasteiger partial charge on any atom is 0.221 e. The van der Waals surface area contributed by atoms with Crippen LogP contribution in [0.3, 0.4) is 0 Å². The van der Waals surface area contributed by atoms with E-state index in [2.05, 4.69) is 4.74 Å². The van der Waals surface area contributed by atoms with Crippen LogP contribution in [0, 0.1) is 0 Å². The average Bonchev–Trinajstić information content (AvgIpc) is 1.99. The van der Waals surface area contributed by atoms with Crippen LogP contribution in [0.1, 0.15) is 0 Å². The van der Waals surface area contributed by atoms with Gasteiger partial charge in [-0.25, -0.2) is 0 Å². The molecule has 0 bridgehead atoms. The lowest BCUT2D eigenvalue weighted by atomic mass is 10.3. The molecule has 11 heavy (non-hydrogen) atoms. The fourth-order valence-electron chi connectivity index (χ4n) is 0.659. The Morgan fingerprint density at radius 3 is 2.73 bits per heavy atom. The summed E-state index contributed by atoms with van der Waals surface area (Å²) in [6.45, 7) is -0.653.